The zero-order valence-electron chi connectivity index (χ0n) is 13.3. The number of carbonyl (C=O) groups is 1. The van der Waals surface area contributed by atoms with Gasteiger partial charge in [0, 0.05) is 41.8 Å². The molecule has 0 radical (unpaired) electrons. The second-order valence-electron chi connectivity index (χ2n) is 5.81. The van der Waals surface area contributed by atoms with Gasteiger partial charge in [0.05, 0.1) is 11.9 Å². The van der Waals surface area contributed by atoms with Crippen molar-refractivity contribution in [2.45, 2.75) is 0 Å². The number of amides is 1. The van der Waals surface area contributed by atoms with E-state index in [1.54, 1.807) is 24.4 Å². The molecule has 0 saturated carbocycles. The normalized spacial score (nSPS) is 15.4. The maximum atomic E-state index is 12.3. The number of nitrogens with zero attached hydrogens (tertiary/aromatic N) is 3. The number of carbonyl (C=O) groups excluding carboxylic acids is 1. The van der Waals surface area contributed by atoms with Crippen molar-refractivity contribution in [2.75, 3.05) is 43.4 Å². The number of hydrogen-bond donors (Lipinski definition) is 1. The highest BCUT2D eigenvalue weighted by Crippen LogP contribution is 2.21. The molecule has 0 aliphatic carbocycles. The van der Waals surface area contributed by atoms with Gasteiger partial charge in [0.25, 0.3) is 5.91 Å². The molecule has 2 aromatic rings. The third-order valence-corrected chi connectivity index (χ3v) is 4.39. The first-order chi connectivity index (χ1) is 11.5. The first-order valence-corrected chi connectivity index (χ1v) is 8.44. The minimum atomic E-state index is -0.270. The van der Waals surface area contributed by atoms with Crippen molar-refractivity contribution < 1.29 is 4.79 Å². The molecule has 3 rings (SSSR count). The zero-order valence-corrected chi connectivity index (χ0v) is 14.8. The predicted molar refractivity (Wildman–Crippen MR) is 98.4 cm³/mol. The number of hydrogen-bond acceptors (Lipinski definition) is 4. The Morgan fingerprint density at radius 2 is 1.75 bits per heavy atom. The summed E-state index contributed by atoms with van der Waals surface area (Å²) in [6.07, 6.45) is 1.66. The van der Waals surface area contributed by atoms with E-state index < -0.39 is 0 Å². The number of rotatable bonds is 3. The van der Waals surface area contributed by atoms with Crippen molar-refractivity contribution in [3.05, 3.63) is 52.1 Å². The van der Waals surface area contributed by atoms with E-state index in [4.69, 9.17) is 23.2 Å². The van der Waals surface area contributed by atoms with Crippen LogP contribution >= 0.6 is 23.2 Å². The zero-order chi connectivity index (χ0) is 17.1. The lowest BCUT2D eigenvalue weighted by atomic mass is 10.2. The van der Waals surface area contributed by atoms with Crippen LogP contribution in [0.1, 0.15) is 10.4 Å². The average Bonchev–Trinajstić information content (AvgIpc) is 2.55. The molecule has 0 atom stereocenters. The Balaban J connectivity index is 1.66. The maximum absolute atomic E-state index is 12.3. The highest BCUT2D eigenvalue weighted by Gasteiger charge is 2.15. The molecule has 1 N–H and O–H groups in total. The third-order valence-electron chi connectivity index (χ3n) is 3.96. The summed E-state index contributed by atoms with van der Waals surface area (Å²) in [6, 6.07) is 8.52. The number of anilines is 2. The topological polar surface area (TPSA) is 48.5 Å². The fourth-order valence-corrected chi connectivity index (χ4v) is 3.10. The Labute approximate surface area is 151 Å². The van der Waals surface area contributed by atoms with Gasteiger partial charge in [-0.25, -0.2) is 4.98 Å². The van der Waals surface area contributed by atoms with E-state index in [1.165, 1.54) is 0 Å². The van der Waals surface area contributed by atoms with Gasteiger partial charge in [-0.3, -0.25) is 4.79 Å². The van der Waals surface area contributed by atoms with Gasteiger partial charge < -0.3 is 15.1 Å². The molecule has 5 nitrogen and oxygen atoms in total. The molecule has 1 amide bonds. The minimum absolute atomic E-state index is 0.270. The number of aromatic nitrogens is 1. The van der Waals surface area contributed by atoms with Crippen LogP contribution in [0.4, 0.5) is 11.5 Å². The smallest absolute Gasteiger partial charge is 0.255 e. The molecular weight excluding hydrogens is 347 g/mol. The Kier molecular flexibility index (Phi) is 5.23. The fourth-order valence-electron chi connectivity index (χ4n) is 2.57. The Hall–Kier alpha value is -1.82. The standard InChI is InChI=1S/C17H18Cl2N4O/c1-22-4-6-23(7-5-22)16-3-2-15(11-20-16)21-17(24)12-8-13(18)10-14(19)9-12/h2-3,8-11H,4-7H2,1H3,(H,21,24). The summed E-state index contributed by atoms with van der Waals surface area (Å²) in [5, 5.41) is 3.66. The molecule has 126 valence electrons. The van der Waals surface area contributed by atoms with Crippen LogP contribution in [0.25, 0.3) is 0 Å². The Morgan fingerprint density at radius 3 is 2.33 bits per heavy atom. The molecule has 7 heteroatoms. The number of halogens is 2. The van der Waals surface area contributed by atoms with Crippen molar-refractivity contribution in [2.24, 2.45) is 0 Å². The minimum Gasteiger partial charge on any atom is -0.354 e. The van der Waals surface area contributed by atoms with Crippen molar-refractivity contribution in [3.63, 3.8) is 0 Å². The first-order valence-electron chi connectivity index (χ1n) is 7.68. The number of likely N-dealkylation sites (N-methyl/N-ethyl adjacent to an activating group) is 1. The van der Waals surface area contributed by atoms with Gasteiger partial charge in [0.1, 0.15) is 5.82 Å². The van der Waals surface area contributed by atoms with E-state index in [2.05, 4.69) is 27.1 Å². The van der Waals surface area contributed by atoms with Gasteiger partial charge in [-0.05, 0) is 37.4 Å². The van der Waals surface area contributed by atoms with Crippen LogP contribution in [-0.4, -0.2) is 49.0 Å². The number of pyridine rings is 1. The van der Waals surface area contributed by atoms with Gasteiger partial charge >= 0.3 is 0 Å². The highest BCUT2D eigenvalue weighted by atomic mass is 35.5. The summed E-state index contributed by atoms with van der Waals surface area (Å²) in [5.74, 6) is 0.653. The van der Waals surface area contributed by atoms with E-state index in [0.29, 0.717) is 21.3 Å². The van der Waals surface area contributed by atoms with E-state index in [0.717, 1.165) is 32.0 Å². The SMILES string of the molecule is CN1CCN(c2ccc(NC(=O)c3cc(Cl)cc(Cl)c3)cn2)CC1. The second-order valence-corrected chi connectivity index (χ2v) is 6.68. The van der Waals surface area contributed by atoms with Crippen LogP contribution in [0.5, 0.6) is 0 Å². The molecule has 0 bridgehead atoms. The molecule has 1 aliphatic heterocycles. The summed E-state index contributed by atoms with van der Waals surface area (Å²) < 4.78 is 0. The summed E-state index contributed by atoms with van der Waals surface area (Å²) in [4.78, 5) is 21.3. The summed E-state index contributed by atoms with van der Waals surface area (Å²) in [6.45, 7) is 3.96. The monoisotopic (exact) mass is 364 g/mol. The molecule has 1 aliphatic rings. The van der Waals surface area contributed by atoms with E-state index in [9.17, 15) is 4.79 Å². The average molecular weight is 365 g/mol. The lowest BCUT2D eigenvalue weighted by Crippen LogP contribution is -2.44. The van der Waals surface area contributed by atoms with Crippen molar-refractivity contribution in [1.29, 1.82) is 0 Å². The lowest BCUT2D eigenvalue weighted by Gasteiger charge is -2.33. The first kappa shape index (κ1) is 17.0. The second kappa shape index (κ2) is 7.38. The quantitative estimate of drug-likeness (QED) is 0.906. The summed E-state index contributed by atoms with van der Waals surface area (Å²) >= 11 is 11.9. The van der Waals surface area contributed by atoms with Gasteiger partial charge in [0.15, 0.2) is 0 Å². The molecule has 24 heavy (non-hydrogen) atoms. The van der Waals surface area contributed by atoms with Crippen LogP contribution in [0.15, 0.2) is 36.5 Å². The Morgan fingerprint density at radius 1 is 1.08 bits per heavy atom. The molecule has 0 unspecified atom stereocenters. The molecule has 0 spiro atoms. The highest BCUT2D eigenvalue weighted by molar-refractivity contribution is 6.35. The Bertz CT molecular complexity index is 708. The largest absolute Gasteiger partial charge is 0.354 e. The van der Waals surface area contributed by atoms with E-state index in [-0.39, 0.29) is 5.91 Å². The maximum Gasteiger partial charge on any atom is 0.255 e. The molecule has 1 saturated heterocycles. The van der Waals surface area contributed by atoms with Crippen molar-refractivity contribution in [3.8, 4) is 0 Å². The summed E-state index contributed by atoms with van der Waals surface area (Å²) in [5.41, 5.74) is 1.05. The van der Waals surface area contributed by atoms with Crippen LogP contribution in [0.2, 0.25) is 10.0 Å². The van der Waals surface area contributed by atoms with Crippen LogP contribution < -0.4 is 10.2 Å². The summed E-state index contributed by atoms with van der Waals surface area (Å²) in [7, 11) is 2.12. The van der Waals surface area contributed by atoms with Gasteiger partial charge in [0.2, 0.25) is 0 Å². The number of piperazine rings is 1. The molecule has 1 aromatic heterocycles. The number of benzene rings is 1. The van der Waals surface area contributed by atoms with Gasteiger partial charge in [-0.15, -0.1) is 0 Å². The van der Waals surface area contributed by atoms with E-state index >= 15 is 0 Å². The lowest BCUT2D eigenvalue weighted by molar-refractivity contribution is 0.102. The van der Waals surface area contributed by atoms with Crippen LogP contribution in [-0.2, 0) is 0 Å². The molecule has 2 heterocycles. The molecular formula is C17H18Cl2N4O. The van der Waals surface area contributed by atoms with Crippen molar-refractivity contribution >= 4 is 40.6 Å². The predicted octanol–water partition coefficient (Wildman–Crippen LogP) is 3.39. The fraction of sp³-hybridized carbons (Fsp3) is 0.294. The van der Waals surface area contributed by atoms with Crippen LogP contribution in [0.3, 0.4) is 0 Å². The molecule has 1 aromatic carbocycles. The van der Waals surface area contributed by atoms with Gasteiger partial charge in [-0.2, -0.15) is 0 Å². The number of nitrogens with one attached hydrogen (secondary N) is 1. The molecule has 1 fully saturated rings. The van der Waals surface area contributed by atoms with E-state index in [1.807, 2.05) is 12.1 Å². The van der Waals surface area contributed by atoms with Crippen LogP contribution in [0, 0.1) is 0 Å². The van der Waals surface area contributed by atoms with Crippen molar-refractivity contribution in [1.82, 2.24) is 9.88 Å². The van der Waals surface area contributed by atoms with Gasteiger partial charge in [-0.1, -0.05) is 23.2 Å². The third kappa shape index (κ3) is 4.17.